The Morgan fingerprint density at radius 3 is 1.90 bits per heavy atom. The van der Waals surface area contributed by atoms with Crippen LogP contribution in [0.2, 0.25) is 0 Å². The average Bonchev–Trinajstić information content (AvgIpc) is 2.53. The Kier molecular flexibility index (Phi) is 4.72. The molecule has 0 radical (unpaired) electrons. The summed E-state index contributed by atoms with van der Waals surface area (Å²) in [6.07, 6.45) is 0. The first kappa shape index (κ1) is 14.8. The number of methoxy groups -OCH3 is 1. The van der Waals surface area contributed by atoms with E-state index in [1.54, 1.807) is 55.6 Å². The molecule has 108 valence electrons. The van der Waals surface area contributed by atoms with Gasteiger partial charge in [-0.15, -0.1) is 0 Å². The van der Waals surface area contributed by atoms with Crippen molar-refractivity contribution in [1.82, 2.24) is 0 Å². The van der Waals surface area contributed by atoms with Gasteiger partial charge in [-0.05, 0) is 55.5 Å². The van der Waals surface area contributed by atoms with E-state index in [2.05, 4.69) is 0 Å². The second-order valence-electron chi connectivity index (χ2n) is 4.52. The van der Waals surface area contributed by atoms with Crippen molar-refractivity contribution in [3.8, 4) is 11.5 Å². The smallest absolute Gasteiger partial charge is 0.200 e. The fourth-order valence-corrected chi connectivity index (χ4v) is 1.79. The van der Waals surface area contributed by atoms with Gasteiger partial charge in [0, 0.05) is 11.1 Å². The molecule has 2 rings (SSSR count). The van der Waals surface area contributed by atoms with Crippen LogP contribution in [0.1, 0.15) is 27.6 Å². The molecule has 0 atom stereocenters. The Balaban J connectivity index is 1.95. The minimum absolute atomic E-state index is 0.00383. The molecule has 4 heteroatoms. The van der Waals surface area contributed by atoms with Crippen molar-refractivity contribution in [2.75, 3.05) is 13.7 Å². The summed E-state index contributed by atoms with van der Waals surface area (Å²) < 4.78 is 10.5. The summed E-state index contributed by atoms with van der Waals surface area (Å²) in [6.45, 7) is 1.45. The fourth-order valence-electron chi connectivity index (χ4n) is 1.79. The number of ether oxygens (including phenoxy) is 2. The highest BCUT2D eigenvalue weighted by atomic mass is 16.5. The number of ketones is 2. The van der Waals surface area contributed by atoms with E-state index in [-0.39, 0.29) is 18.2 Å². The summed E-state index contributed by atoms with van der Waals surface area (Å²) in [5, 5.41) is 0. The average molecular weight is 284 g/mol. The van der Waals surface area contributed by atoms with Gasteiger partial charge in [-0.2, -0.15) is 0 Å². The molecule has 0 N–H and O–H groups in total. The monoisotopic (exact) mass is 284 g/mol. The van der Waals surface area contributed by atoms with Gasteiger partial charge >= 0.3 is 0 Å². The number of Topliss-reactive ketones (excluding diaryl/α,β-unsaturated/α-hetero) is 2. The zero-order valence-electron chi connectivity index (χ0n) is 12.0. The van der Waals surface area contributed by atoms with E-state index < -0.39 is 0 Å². The normalized spacial score (nSPS) is 10.0. The van der Waals surface area contributed by atoms with Gasteiger partial charge < -0.3 is 9.47 Å². The first-order valence-electron chi connectivity index (χ1n) is 6.51. The maximum Gasteiger partial charge on any atom is 0.200 e. The number of carbonyl (C=O) groups is 2. The lowest BCUT2D eigenvalue weighted by atomic mass is 10.1. The van der Waals surface area contributed by atoms with E-state index >= 15 is 0 Å². The zero-order chi connectivity index (χ0) is 15.2. The van der Waals surface area contributed by atoms with Crippen molar-refractivity contribution in [3.05, 3.63) is 59.7 Å². The summed E-state index contributed by atoms with van der Waals surface area (Å²) in [5.74, 6) is 1.14. The number of benzene rings is 2. The van der Waals surface area contributed by atoms with Crippen LogP contribution in [0.15, 0.2) is 48.5 Å². The standard InChI is InChI=1S/C17H16O4/c1-12(18)13-3-9-16(10-4-13)21-11-17(19)14-5-7-15(20-2)8-6-14/h3-10H,11H2,1-2H3. The van der Waals surface area contributed by atoms with Crippen LogP contribution in [0, 0.1) is 0 Å². The van der Waals surface area contributed by atoms with E-state index in [9.17, 15) is 9.59 Å². The molecule has 0 unspecified atom stereocenters. The van der Waals surface area contributed by atoms with Crippen LogP contribution >= 0.6 is 0 Å². The van der Waals surface area contributed by atoms with Crippen molar-refractivity contribution < 1.29 is 19.1 Å². The maximum absolute atomic E-state index is 12.0. The van der Waals surface area contributed by atoms with E-state index in [1.807, 2.05) is 0 Å². The van der Waals surface area contributed by atoms with Crippen LogP contribution < -0.4 is 9.47 Å². The van der Waals surface area contributed by atoms with Crippen molar-refractivity contribution in [1.29, 1.82) is 0 Å². The van der Waals surface area contributed by atoms with Crippen LogP contribution in [0.25, 0.3) is 0 Å². The molecular formula is C17H16O4. The number of hydrogen-bond acceptors (Lipinski definition) is 4. The summed E-state index contributed by atoms with van der Waals surface area (Å²) in [4.78, 5) is 23.1. The van der Waals surface area contributed by atoms with Gasteiger partial charge in [0.25, 0.3) is 0 Å². The highest BCUT2D eigenvalue weighted by Gasteiger charge is 2.07. The molecule has 0 aliphatic heterocycles. The molecule has 2 aromatic carbocycles. The third kappa shape index (κ3) is 3.92. The molecule has 0 saturated heterocycles. The Labute approximate surface area is 123 Å². The summed E-state index contributed by atoms with van der Waals surface area (Å²) in [5.41, 5.74) is 1.18. The molecule has 0 fully saturated rings. The first-order chi connectivity index (χ1) is 10.1. The van der Waals surface area contributed by atoms with Gasteiger partial charge in [-0.25, -0.2) is 0 Å². The molecule has 0 aliphatic carbocycles. The lowest BCUT2D eigenvalue weighted by Gasteiger charge is -2.06. The van der Waals surface area contributed by atoms with E-state index in [0.29, 0.717) is 22.6 Å². The van der Waals surface area contributed by atoms with Crippen molar-refractivity contribution >= 4 is 11.6 Å². The molecule has 0 saturated carbocycles. The van der Waals surface area contributed by atoms with Gasteiger partial charge in [0.15, 0.2) is 18.2 Å². The summed E-state index contributed by atoms with van der Waals surface area (Å²) >= 11 is 0. The van der Waals surface area contributed by atoms with Crippen LogP contribution in [-0.4, -0.2) is 25.3 Å². The van der Waals surface area contributed by atoms with Crippen molar-refractivity contribution in [3.63, 3.8) is 0 Å². The molecule has 0 spiro atoms. The minimum Gasteiger partial charge on any atom is -0.497 e. The maximum atomic E-state index is 12.0. The second-order valence-corrected chi connectivity index (χ2v) is 4.52. The van der Waals surface area contributed by atoms with Crippen molar-refractivity contribution in [2.45, 2.75) is 6.92 Å². The van der Waals surface area contributed by atoms with Gasteiger partial charge in [-0.1, -0.05) is 0 Å². The molecule has 0 aliphatic rings. The minimum atomic E-state index is -0.117. The van der Waals surface area contributed by atoms with Crippen LogP contribution in [0.5, 0.6) is 11.5 Å². The first-order valence-corrected chi connectivity index (χ1v) is 6.51. The second kappa shape index (κ2) is 6.70. The number of carbonyl (C=O) groups excluding carboxylic acids is 2. The third-order valence-electron chi connectivity index (χ3n) is 3.04. The lowest BCUT2D eigenvalue weighted by molar-refractivity contribution is 0.0920. The predicted molar refractivity (Wildman–Crippen MR) is 79.3 cm³/mol. The molecule has 0 bridgehead atoms. The Hall–Kier alpha value is -2.62. The highest BCUT2D eigenvalue weighted by molar-refractivity contribution is 5.97. The van der Waals surface area contributed by atoms with Gasteiger partial charge in [-0.3, -0.25) is 9.59 Å². The third-order valence-corrected chi connectivity index (χ3v) is 3.04. The van der Waals surface area contributed by atoms with Crippen LogP contribution in [-0.2, 0) is 0 Å². The highest BCUT2D eigenvalue weighted by Crippen LogP contribution is 2.15. The quantitative estimate of drug-likeness (QED) is 0.765. The summed E-state index contributed by atoms with van der Waals surface area (Å²) in [6, 6.07) is 13.6. The zero-order valence-corrected chi connectivity index (χ0v) is 12.0. The van der Waals surface area contributed by atoms with E-state index in [4.69, 9.17) is 9.47 Å². The van der Waals surface area contributed by atoms with E-state index in [1.165, 1.54) is 6.92 Å². The molecule has 0 heterocycles. The largest absolute Gasteiger partial charge is 0.497 e. The number of rotatable bonds is 6. The van der Waals surface area contributed by atoms with E-state index in [0.717, 1.165) is 0 Å². The van der Waals surface area contributed by atoms with Crippen molar-refractivity contribution in [2.24, 2.45) is 0 Å². The topological polar surface area (TPSA) is 52.6 Å². The predicted octanol–water partition coefficient (Wildman–Crippen LogP) is 3.16. The van der Waals surface area contributed by atoms with Gasteiger partial charge in [0.1, 0.15) is 11.5 Å². The van der Waals surface area contributed by atoms with Gasteiger partial charge in [0.2, 0.25) is 0 Å². The van der Waals surface area contributed by atoms with Crippen LogP contribution in [0.3, 0.4) is 0 Å². The fraction of sp³-hybridized carbons (Fsp3) is 0.176. The molecule has 0 amide bonds. The molecule has 0 aromatic heterocycles. The molecule has 2 aromatic rings. The molecular weight excluding hydrogens is 268 g/mol. The lowest BCUT2D eigenvalue weighted by Crippen LogP contribution is -2.11. The Morgan fingerprint density at radius 2 is 1.38 bits per heavy atom. The Morgan fingerprint density at radius 1 is 0.857 bits per heavy atom. The summed E-state index contributed by atoms with van der Waals surface area (Å²) in [7, 11) is 1.57. The molecule has 4 nitrogen and oxygen atoms in total. The Bertz CT molecular complexity index is 627. The molecule has 21 heavy (non-hydrogen) atoms. The SMILES string of the molecule is COc1ccc(C(=O)COc2ccc(C(C)=O)cc2)cc1. The van der Waals surface area contributed by atoms with Crippen LogP contribution in [0.4, 0.5) is 0 Å². The number of hydrogen-bond donors (Lipinski definition) is 0. The van der Waals surface area contributed by atoms with Gasteiger partial charge in [0.05, 0.1) is 7.11 Å².